The Bertz CT molecular complexity index is 475. The second-order valence-corrected chi connectivity index (χ2v) is 5.57. The van der Waals surface area contributed by atoms with Gasteiger partial charge in [-0.2, -0.15) is 0 Å². The Labute approximate surface area is 126 Å². The quantitative estimate of drug-likeness (QED) is 0.745. The largest absolute Gasteiger partial charge is 0.385 e. The first kappa shape index (κ1) is 15.8. The van der Waals surface area contributed by atoms with Crippen molar-refractivity contribution < 1.29 is 9.53 Å². The minimum absolute atomic E-state index is 0.0282. The summed E-state index contributed by atoms with van der Waals surface area (Å²) in [7, 11) is 4.02. The summed E-state index contributed by atoms with van der Waals surface area (Å²) in [6, 6.07) is 5.86. The number of nitrogens with one attached hydrogen (secondary N) is 2. The highest BCUT2D eigenvalue weighted by atomic mass is 16.5. The molecule has 0 fully saturated rings. The molecule has 1 heterocycles. The van der Waals surface area contributed by atoms with E-state index in [0.29, 0.717) is 19.8 Å². The average Bonchev–Trinajstić information content (AvgIpc) is 2.49. The third kappa shape index (κ3) is 5.02. The lowest BCUT2D eigenvalue weighted by Crippen LogP contribution is -2.28. The Morgan fingerprint density at radius 3 is 3.05 bits per heavy atom. The lowest BCUT2D eigenvalue weighted by molar-refractivity contribution is 0.0900. The Hall–Kier alpha value is -1.59. The number of hydrogen-bond donors (Lipinski definition) is 2. The van der Waals surface area contributed by atoms with E-state index in [4.69, 9.17) is 4.74 Å². The molecule has 0 unspecified atom stereocenters. The monoisotopic (exact) mass is 291 g/mol. The van der Waals surface area contributed by atoms with Crippen LogP contribution in [0.2, 0.25) is 0 Å². The van der Waals surface area contributed by atoms with Gasteiger partial charge in [0.15, 0.2) is 0 Å². The molecule has 0 spiro atoms. The number of hydrogen-bond acceptors (Lipinski definition) is 4. The van der Waals surface area contributed by atoms with Crippen molar-refractivity contribution in [3.63, 3.8) is 0 Å². The van der Waals surface area contributed by atoms with Crippen LogP contribution >= 0.6 is 0 Å². The molecule has 0 saturated carbocycles. The number of carbonyl (C=O) groups excluding carboxylic acids is 1. The topological polar surface area (TPSA) is 53.6 Å². The SMILES string of the molecule is CN(C)CCOCCNC(=O)c1ccc2c(c1)CCCN2. The van der Waals surface area contributed by atoms with Gasteiger partial charge in [0.25, 0.3) is 5.91 Å². The van der Waals surface area contributed by atoms with Crippen molar-refractivity contribution in [3.8, 4) is 0 Å². The maximum Gasteiger partial charge on any atom is 0.251 e. The highest BCUT2D eigenvalue weighted by Gasteiger charge is 2.12. The van der Waals surface area contributed by atoms with E-state index < -0.39 is 0 Å². The van der Waals surface area contributed by atoms with Crippen LogP contribution in [0.3, 0.4) is 0 Å². The zero-order valence-electron chi connectivity index (χ0n) is 12.9. The number of carbonyl (C=O) groups is 1. The summed E-state index contributed by atoms with van der Waals surface area (Å²) >= 11 is 0. The molecule has 5 heteroatoms. The number of rotatable bonds is 7. The first-order valence-electron chi connectivity index (χ1n) is 7.54. The van der Waals surface area contributed by atoms with Crippen molar-refractivity contribution in [2.45, 2.75) is 12.8 Å². The van der Waals surface area contributed by atoms with Crippen LogP contribution in [0.4, 0.5) is 5.69 Å². The van der Waals surface area contributed by atoms with Crippen molar-refractivity contribution in [2.75, 3.05) is 52.3 Å². The second-order valence-electron chi connectivity index (χ2n) is 5.57. The van der Waals surface area contributed by atoms with Crippen molar-refractivity contribution in [3.05, 3.63) is 29.3 Å². The molecule has 0 bridgehead atoms. The van der Waals surface area contributed by atoms with Crippen molar-refractivity contribution >= 4 is 11.6 Å². The second kappa shape index (κ2) is 8.00. The molecule has 1 amide bonds. The number of aryl methyl sites for hydroxylation is 1. The van der Waals surface area contributed by atoms with Gasteiger partial charge in [-0.3, -0.25) is 4.79 Å². The minimum atomic E-state index is -0.0282. The van der Waals surface area contributed by atoms with Crippen molar-refractivity contribution in [1.29, 1.82) is 0 Å². The molecule has 0 saturated heterocycles. The van der Waals surface area contributed by atoms with E-state index in [9.17, 15) is 4.79 Å². The van der Waals surface area contributed by atoms with E-state index in [2.05, 4.69) is 15.5 Å². The molecule has 1 aliphatic rings. The van der Waals surface area contributed by atoms with Crippen molar-refractivity contribution in [1.82, 2.24) is 10.2 Å². The van der Waals surface area contributed by atoms with Gasteiger partial charge in [0, 0.05) is 30.9 Å². The zero-order valence-corrected chi connectivity index (χ0v) is 12.9. The van der Waals surface area contributed by atoms with Crippen molar-refractivity contribution in [2.24, 2.45) is 0 Å². The third-order valence-corrected chi connectivity index (χ3v) is 3.52. The summed E-state index contributed by atoms with van der Waals surface area (Å²) in [5, 5.41) is 6.24. The summed E-state index contributed by atoms with van der Waals surface area (Å²) in [6.07, 6.45) is 2.16. The molecule has 1 aromatic carbocycles. The van der Waals surface area contributed by atoms with Gasteiger partial charge in [0.2, 0.25) is 0 Å². The predicted molar refractivity (Wildman–Crippen MR) is 85.0 cm³/mol. The van der Waals surface area contributed by atoms with Crippen LogP contribution in [0, 0.1) is 0 Å². The fraction of sp³-hybridized carbons (Fsp3) is 0.562. The highest BCUT2D eigenvalue weighted by Crippen LogP contribution is 2.22. The highest BCUT2D eigenvalue weighted by molar-refractivity contribution is 5.94. The van der Waals surface area contributed by atoms with Crippen LogP contribution in [-0.4, -0.2) is 57.8 Å². The molecular formula is C16H25N3O2. The molecule has 0 aliphatic carbocycles. The summed E-state index contributed by atoms with van der Waals surface area (Å²) in [5.41, 5.74) is 3.12. The van der Waals surface area contributed by atoms with Gasteiger partial charge in [0.1, 0.15) is 0 Å². The Kier molecular flexibility index (Phi) is 6.02. The van der Waals surface area contributed by atoms with E-state index in [1.165, 1.54) is 5.56 Å². The molecule has 21 heavy (non-hydrogen) atoms. The van der Waals surface area contributed by atoms with E-state index in [-0.39, 0.29) is 5.91 Å². The Balaban J connectivity index is 1.73. The van der Waals surface area contributed by atoms with Gasteiger partial charge in [0.05, 0.1) is 13.2 Å². The fourth-order valence-electron chi connectivity index (χ4n) is 2.30. The average molecular weight is 291 g/mol. The number of ether oxygens (including phenoxy) is 1. The van der Waals surface area contributed by atoms with Crippen LogP contribution in [0.1, 0.15) is 22.3 Å². The summed E-state index contributed by atoms with van der Waals surface area (Å²) < 4.78 is 5.45. The molecule has 1 aromatic rings. The van der Waals surface area contributed by atoms with Gasteiger partial charge in [-0.15, -0.1) is 0 Å². The molecule has 0 atom stereocenters. The normalized spacial score (nSPS) is 13.7. The van der Waals surface area contributed by atoms with E-state index in [1.807, 2.05) is 32.3 Å². The van der Waals surface area contributed by atoms with Crippen LogP contribution in [0.5, 0.6) is 0 Å². The first-order valence-corrected chi connectivity index (χ1v) is 7.54. The van der Waals surface area contributed by atoms with Gasteiger partial charge in [-0.05, 0) is 50.7 Å². The Morgan fingerprint density at radius 2 is 2.24 bits per heavy atom. The van der Waals surface area contributed by atoms with Crippen LogP contribution in [0.25, 0.3) is 0 Å². The number of likely N-dealkylation sites (N-methyl/N-ethyl adjacent to an activating group) is 1. The molecular weight excluding hydrogens is 266 g/mol. The van der Waals surface area contributed by atoms with E-state index >= 15 is 0 Å². The fourth-order valence-corrected chi connectivity index (χ4v) is 2.30. The first-order chi connectivity index (χ1) is 10.2. The number of nitrogens with zero attached hydrogens (tertiary/aromatic N) is 1. The predicted octanol–water partition coefficient (Wildman–Crippen LogP) is 1.35. The van der Waals surface area contributed by atoms with Gasteiger partial charge >= 0.3 is 0 Å². The third-order valence-electron chi connectivity index (χ3n) is 3.52. The molecule has 2 rings (SSSR count). The van der Waals surface area contributed by atoms with Gasteiger partial charge in [-0.25, -0.2) is 0 Å². The van der Waals surface area contributed by atoms with Crippen LogP contribution in [-0.2, 0) is 11.2 Å². The lowest BCUT2D eigenvalue weighted by atomic mass is 10.0. The molecule has 2 N–H and O–H groups in total. The zero-order chi connectivity index (χ0) is 15.1. The number of amides is 1. The summed E-state index contributed by atoms with van der Waals surface area (Å²) in [6.45, 7) is 3.69. The van der Waals surface area contributed by atoms with Crippen LogP contribution in [0.15, 0.2) is 18.2 Å². The maximum atomic E-state index is 12.1. The van der Waals surface area contributed by atoms with E-state index in [0.717, 1.165) is 37.2 Å². The summed E-state index contributed by atoms with van der Waals surface area (Å²) in [5.74, 6) is -0.0282. The number of fused-ring (bicyclic) bond motifs is 1. The lowest BCUT2D eigenvalue weighted by Gasteiger charge is -2.18. The van der Waals surface area contributed by atoms with E-state index in [1.54, 1.807) is 0 Å². The summed E-state index contributed by atoms with van der Waals surface area (Å²) in [4.78, 5) is 14.1. The Morgan fingerprint density at radius 1 is 1.38 bits per heavy atom. The molecule has 0 radical (unpaired) electrons. The smallest absolute Gasteiger partial charge is 0.251 e. The standard InChI is InChI=1S/C16H25N3O2/c1-19(2)9-11-21-10-8-18-16(20)14-5-6-15-13(12-14)4-3-7-17-15/h5-6,12,17H,3-4,7-11H2,1-2H3,(H,18,20). The van der Waals surface area contributed by atoms with Gasteiger partial charge < -0.3 is 20.3 Å². The van der Waals surface area contributed by atoms with Crippen LogP contribution < -0.4 is 10.6 Å². The minimum Gasteiger partial charge on any atom is -0.385 e. The number of anilines is 1. The number of benzene rings is 1. The molecule has 116 valence electrons. The molecule has 1 aliphatic heterocycles. The maximum absolute atomic E-state index is 12.1. The van der Waals surface area contributed by atoms with Gasteiger partial charge in [-0.1, -0.05) is 0 Å². The molecule has 0 aromatic heterocycles. The molecule has 5 nitrogen and oxygen atoms in total.